The molecule has 0 aliphatic heterocycles. The molecule has 0 saturated heterocycles. The van der Waals surface area contributed by atoms with E-state index in [0.29, 0.717) is 17.6 Å². The summed E-state index contributed by atoms with van der Waals surface area (Å²) >= 11 is 0. The van der Waals surface area contributed by atoms with Gasteiger partial charge >= 0.3 is 0 Å². The summed E-state index contributed by atoms with van der Waals surface area (Å²) < 4.78 is 12.6. The van der Waals surface area contributed by atoms with Crippen LogP contribution in [0.2, 0.25) is 0 Å². The van der Waals surface area contributed by atoms with Gasteiger partial charge in [-0.05, 0) is 13.0 Å². The Morgan fingerprint density at radius 1 is 1.29 bits per heavy atom. The summed E-state index contributed by atoms with van der Waals surface area (Å²) in [5.74, 6) is 0.735. The highest BCUT2D eigenvalue weighted by Gasteiger charge is 2.09. The van der Waals surface area contributed by atoms with Crippen molar-refractivity contribution >= 4 is 11.8 Å². The zero-order valence-corrected chi connectivity index (χ0v) is 9.13. The van der Waals surface area contributed by atoms with Gasteiger partial charge in [0.15, 0.2) is 5.82 Å². The first-order valence-corrected chi connectivity index (χ1v) is 4.97. The van der Waals surface area contributed by atoms with E-state index in [4.69, 9.17) is 5.73 Å². The molecule has 6 nitrogen and oxygen atoms in total. The minimum absolute atomic E-state index is 0.239. The molecule has 2 heterocycles. The van der Waals surface area contributed by atoms with E-state index in [-0.39, 0.29) is 6.04 Å². The Hall–Kier alpha value is -2.31. The maximum absolute atomic E-state index is 12.6. The molecule has 1 atom stereocenters. The number of rotatable bonds is 3. The predicted octanol–water partition coefficient (Wildman–Crippen LogP) is 1.16. The Bertz CT molecular complexity index is 500. The van der Waals surface area contributed by atoms with Crippen molar-refractivity contribution in [1.29, 1.82) is 0 Å². The van der Waals surface area contributed by atoms with Crippen LogP contribution in [0.4, 0.5) is 16.2 Å². The van der Waals surface area contributed by atoms with Gasteiger partial charge in [0.05, 0.1) is 18.4 Å². The fourth-order valence-corrected chi connectivity index (χ4v) is 1.25. The van der Waals surface area contributed by atoms with E-state index in [0.717, 1.165) is 12.4 Å². The first-order valence-electron chi connectivity index (χ1n) is 4.97. The zero-order chi connectivity index (χ0) is 12.3. The highest BCUT2D eigenvalue weighted by atomic mass is 19.1. The average molecular weight is 234 g/mol. The molecule has 0 aliphatic carbocycles. The van der Waals surface area contributed by atoms with Crippen LogP contribution in [0.25, 0.3) is 0 Å². The molecule has 0 fully saturated rings. The molecule has 0 radical (unpaired) electrons. The van der Waals surface area contributed by atoms with E-state index in [2.05, 4.69) is 25.3 Å². The van der Waals surface area contributed by atoms with E-state index in [9.17, 15) is 4.39 Å². The maximum Gasteiger partial charge on any atom is 0.225 e. The van der Waals surface area contributed by atoms with E-state index in [1.165, 1.54) is 0 Å². The molecule has 7 heteroatoms. The van der Waals surface area contributed by atoms with Crippen molar-refractivity contribution in [2.24, 2.45) is 0 Å². The van der Waals surface area contributed by atoms with Gasteiger partial charge in [-0.2, -0.15) is 4.98 Å². The predicted molar refractivity (Wildman–Crippen MR) is 60.5 cm³/mol. The number of nitrogens with two attached hydrogens (primary N) is 1. The summed E-state index contributed by atoms with van der Waals surface area (Å²) in [6.45, 7) is 1.82. The largest absolute Gasteiger partial charge is 0.384 e. The highest BCUT2D eigenvalue weighted by molar-refractivity contribution is 5.36. The molecular formula is C10H11FN6. The maximum atomic E-state index is 12.6. The number of nitrogens with zero attached hydrogens (tertiary/aromatic N) is 4. The fourth-order valence-electron chi connectivity index (χ4n) is 1.25. The summed E-state index contributed by atoms with van der Waals surface area (Å²) in [5, 5.41) is 2.97. The second-order valence-corrected chi connectivity index (χ2v) is 3.43. The van der Waals surface area contributed by atoms with Crippen LogP contribution in [0.3, 0.4) is 0 Å². The minimum Gasteiger partial charge on any atom is -0.384 e. The Morgan fingerprint density at radius 3 is 2.65 bits per heavy atom. The van der Waals surface area contributed by atoms with Gasteiger partial charge in [-0.25, -0.2) is 19.3 Å². The fraction of sp³-hybridized carbons (Fsp3) is 0.200. The normalized spacial score (nSPS) is 12.1. The Kier molecular flexibility index (Phi) is 3.08. The van der Waals surface area contributed by atoms with Crippen LogP contribution >= 0.6 is 0 Å². The number of hydrogen-bond donors (Lipinski definition) is 2. The Balaban J connectivity index is 2.11. The van der Waals surface area contributed by atoms with Crippen LogP contribution in [-0.2, 0) is 0 Å². The Morgan fingerprint density at radius 2 is 2.00 bits per heavy atom. The number of hydrogen-bond acceptors (Lipinski definition) is 6. The van der Waals surface area contributed by atoms with Crippen LogP contribution in [0.5, 0.6) is 0 Å². The molecule has 0 amide bonds. The van der Waals surface area contributed by atoms with Crippen molar-refractivity contribution in [1.82, 2.24) is 19.9 Å². The molecule has 88 valence electrons. The quantitative estimate of drug-likeness (QED) is 0.828. The molecule has 0 saturated carbocycles. The third-order valence-corrected chi connectivity index (χ3v) is 2.05. The van der Waals surface area contributed by atoms with Gasteiger partial charge in [-0.15, -0.1) is 0 Å². The highest BCUT2D eigenvalue weighted by Crippen LogP contribution is 2.12. The summed E-state index contributed by atoms with van der Waals surface area (Å²) in [7, 11) is 0. The van der Waals surface area contributed by atoms with Crippen molar-refractivity contribution < 1.29 is 4.39 Å². The van der Waals surface area contributed by atoms with Gasteiger partial charge in [0, 0.05) is 6.20 Å². The van der Waals surface area contributed by atoms with E-state index >= 15 is 0 Å². The summed E-state index contributed by atoms with van der Waals surface area (Å²) in [4.78, 5) is 15.7. The Labute approximate surface area is 97.2 Å². The third-order valence-electron chi connectivity index (χ3n) is 2.05. The van der Waals surface area contributed by atoms with Gasteiger partial charge in [0.2, 0.25) is 5.95 Å². The SMILES string of the molecule is C[C@H](Nc1nccc(N)n1)c1ncc(F)cn1. The van der Waals surface area contributed by atoms with Crippen LogP contribution in [0.1, 0.15) is 18.8 Å². The molecular weight excluding hydrogens is 223 g/mol. The number of anilines is 2. The number of nitrogen functional groups attached to an aromatic ring is 1. The second-order valence-electron chi connectivity index (χ2n) is 3.43. The van der Waals surface area contributed by atoms with Gasteiger partial charge in [0.1, 0.15) is 11.6 Å². The molecule has 0 bridgehead atoms. The van der Waals surface area contributed by atoms with Gasteiger partial charge in [-0.3, -0.25) is 0 Å². The van der Waals surface area contributed by atoms with Gasteiger partial charge < -0.3 is 11.1 Å². The lowest BCUT2D eigenvalue weighted by Crippen LogP contribution is -2.13. The smallest absolute Gasteiger partial charge is 0.225 e. The first kappa shape index (κ1) is 11.2. The monoisotopic (exact) mass is 234 g/mol. The molecule has 17 heavy (non-hydrogen) atoms. The van der Waals surface area contributed by atoms with Crippen LogP contribution in [0, 0.1) is 5.82 Å². The second kappa shape index (κ2) is 4.69. The number of aromatic nitrogens is 4. The van der Waals surface area contributed by atoms with E-state index < -0.39 is 5.82 Å². The molecule has 2 aromatic rings. The molecule has 0 aromatic carbocycles. The van der Waals surface area contributed by atoms with Gasteiger partial charge in [-0.1, -0.05) is 0 Å². The van der Waals surface area contributed by atoms with Crippen LogP contribution < -0.4 is 11.1 Å². The molecule has 0 aliphatic rings. The van der Waals surface area contributed by atoms with E-state index in [1.807, 2.05) is 6.92 Å². The average Bonchev–Trinajstić information content (AvgIpc) is 2.29. The first-order chi connectivity index (χ1) is 8.15. The number of halogens is 1. The van der Waals surface area contributed by atoms with Crippen molar-refractivity contribution in [3.8, 4) is 0 Å². The number of nitrogens with one attached hydrogen (secondary N) is 1. The van der Waals surface area contributed by atoms with Gasteiger partial charge in [0.25, 0.3) is 0 Å². The minimum atomic E-state index is -0.471. The lowest BCUT2D eigenvalue weighted by Gasteiger charge is -2.11. The summed E-state index contributed by atoms with van der Waals surface area (Å²) in [5.41, 5.74) is 5.52. The molecule has 0 spiro atoms. The zero-order valence-electron chi connectivity index (χ0n) is 9.13. The van der Waals surface area contributed by atoms with Crippen molar-refractivity contribution in [3.05, 3.63) is 36.3 Å². The lowest BCUT2D eigenvalue weighted by atomic mass is 10.3. The third kappa shape index (κ3) is 2.83. The van der Waals surface area contributed by atoms with Crippen LogP contribution in [-0.4, -0.2) is 19.9 Å². The topological polar surface area (TPSA) is 89.6 Å². The summed E-state index contributed by atoms with van der Waals surface area (Å²) in [6.07, 6.45) is 3.77. The van der Waals surface area contributed by atoms with Crippen molar-refractivity contribution in [2.45, 2.75) is 13.0 Å². The van der Waals surface area contributed by atoms with Crippen molar-refractivity contribution in [2.75, 3.05) is 11.1 Å². The molecule has 0 unspecified atom stereocenters. The van der Waals surface area contributed by atoms with E-state index in [1.54, 1.807) is 12.3 Å². The molecule has 2 rings (SSSR count). The van der Waals surface area contributed by atoms with Crippen LogP contribution in [0.15, 0.2) is 24.7 Å². The van der Waals surface area contributed by atoms with Crippen molar-refractivity contribution in [3.63, 3.8) is 0 Å². The lowest BCUT2D eigenvalue weighted by molar-refractivity contribution is 0.604. The molecule has 3 N–H and O–H groups in total. The molecule has 2 aromatic heterocycles. The summed E-state index contributed by atoms with van der Waals surface area (Å²) in [6, 6.07) is 1.35. The standard InChI is InChI=1S/C10H11FN6/c1-6(9-14-4-7(11)5-15-9)16-10-13-3-2-8(12)17-10/h2-6H,1H3,(H3,12,13,16,17)/t6-/m0/s1.